The van der Waals surface area contributed by atoms with Gasteiger partial charge in [-0.15, -0.1) is 5.10 Å². The van der Waals surface area contributed by atoms with Crippen LogP contribution in [-0.2, 0) is 13.1 Å². The summed E-state index contributed by atoms with van der Waals surface area (Å²) in [5.41, 5.74) is 6.84. The third kappa shape index (κ3) is 2.35. The highest BCUT2D eigenvalue weighted by Gasteiger charge is 2.01. The minimum absolute atomic E-state index is 0.349. The van der Waals surface area contributed by atoms with E-state index < -0.39 is 0 Å². The molecule has 2 heterocycles. The third-order valence-electron chi connectivity index (χ3n) is 1.90. The third-order valence-corrected chi connectivity index (χ3v) is 1.90. The highest BCUT2D eigenvalue weighted by Crippen LogP contribution is 2.03. The van der Waals surface area contributed by atoms with E-state index in [2.05, 4.69) is 15.3 Å². The summed E-state index contributed by atoms with van der Waals surface area (Å²) in [5.74, 6) is -0.355. The van der Waals surface area contributed by atoms with E-state index in [0.717, 1.165) is 11.8 Å². The molecule has 0 bridgehead atoms. The topological polar surface area (TPSA) is 69.6 Å². The Balaban J connectivity index is 2.14. The first-order chi connectivity index (χ1) is 7.28. The lowest BCUT2D eigenvalue weighted by Gasteiger charge is -1.99. The van der Waals surface area contributed by atoms with Gasteiger partial charge in [-0.3, -0.25) is 4.98 Å². The molecule has 78 valence electrons. The Labute approximate surface area is 85.7 Å². The van der Waals surface area contributed by atoms with Crippen molar-refractivity contribution in [2.24, 2.45) is 5.73 Å². The summed E-state index contributed by atoms with van der Waals surface area (Å²) in [5, 5.41) is 7.68. The molecule has 0 unspecified atom stereocenters. The summed E-state index contributed by atoms with van der Waals surface area (Å²) < 4.78 is 14.4. The van der Waals surface area contributed by atoms with Crippen molar-refractivity contribution < 1.29 is 4.39 Å². The lowest BCUT2D eigenvalue weighted by molar-refractivity contribution is 0.607. The molecule has 0 saturated heterocycles. The summed E-state index contributed by atoms with van der Waals surface area (Å²) in [4.78, 5) is 3.75. The van der Waals surface area contributed by atoms with Gasteiger partial charge in [0, 0.05) is 12.7 Å². The number of pyridine rings is 1. The maximum absolute atomic E-state index is 12.8. The lowest BCUT2D eigenvalue weighted by Crippen LogP contribution is -2.01. The number of nitrogens with zero attached hydrogens (tertiary/aromatic N) is 4. The van der Waals surface area contributed by atoms with Gasteiger partial charge in [-0.1, -0.05) is 5.21 Å². The van der Waals surface area contributed by atoms with Crippen LogP contribution in [0.5, 0.6) is 0 Å². The quantitative estimate of drug-likeness (QED) is 0.786. The van der Waals surface area contributed by atoms with Crippen LogP contribution in [0.15, 0.2) is 24.7 Å². The smallest absolute Gasteiger partial charge is 0.141 e. The lowest BCUT2D eigenvalue weighted by atomic mass is 10.3. The number of aromatic nitrogens is 4. The van der Waals surface area contributed by atoms with Gasteiger partial charge in [-0.2, -0.15) is 0 Å². The molecule has 0 radical (unpaired) electrons. The van der Waals surface area contributed by atoms with Crippen LogP contribution in [0.4, 0.5) is 4.39 Å². The largest absolute Gasteiger partial charge is 0.325 e. The van der Waals surface area contributed by atoms with Crippen LogP contribution in [-0.4, -0.2) is 20.0 Å². The van der Waals surface area contributed by atoms with Crippen molar-refractivity contribution >= 4 is 0 Å². The Hall–Kier alpha value is -1.82. The SMILES string of the molecule is NCc1cn(Cc2cncc(F)c2)nn1. The van der Waals surface area contributed by atoms with Gasteiger partial charge in [0.25, 0.3) is 0 Å². The van der Waals surface area contributed by atoms with E-state index in [-0.39, 0.29) is 5.82 Å². The van der Waals surface area contributed by atoms with Gasteiger partial charge in [0.05, 0.1) is 24.6 Å². The second kappa shape index (κ2) is 4.14. The second-order valence-electron chi connectivity index (χ2n) is 3.12. The van der Waals surface area contributed by atoms with E-state index in [1.165, 1.54) is 6.07 Å². The standard InChI is InChI=1S/C9H10FN5/c10-8-1-7(3-12-4-8)5-15-6-9(2-11)13-14-15/h1,3-4,6H,2,5,11H2. The minimum atomic E-state index is -0.355. The first-order valence-corrected chi connectivity index (χ1v) is 4.46. The highest BCUT2D eigenvalue weighted by atomic mass is 19.1. The van der Waals surface area contributed by atoms with Crippen LogP contribution >= 0.6 is 0 Å². The fourth-order valence-electron chi connectivity index (χ4n) is 1.24. The van der Waals surface area contributed by atoms with E-state index in [1.807, 2.05) is 0 Å². The Morgan fingerprint density at radius 3 is 2.93 bits per heavy atom. The van der Waals surface area contributed by atoms with Crippen LogP contribution < -0.4 is 5.73 Å². The van der Waals surface area contributed by atoms with Gasteiger partial charge in [0.15, 0.2) is 0 Å². The predicted octanol–water partition coefficient (Wildman–Crippen LogP) is 0.319. The Morgan fingerprint density at radius 1 is 1.40 bits per heavy atom. The van der Waals surface area contributed by atoms with E-state index in [0.29, 0.717) is 18.8 Å². The average molecular weight is 207 g/mol. The predicted molar refractivity (Wildman–Crippen MR) is 51.2 cm³/mol. The molecule has 2 aromatic rings. The normalized spacial score (nSPS) is 10.5. The summed E-state index contributed by atoms with van der Waals surface area (Å²) in [6.07, 6.45) is 4.48. The fourth-order valence-corrected chi connectivity index (χ4v) is 1.24. The molecule has 0 aromatic carbocycles. The van der Waals surface area contributed by atoms with Crippen LogP contribution in [0.3, 0.4) is 0 Å². The molecule has 0 atom stereocenters. The molecule has 0 aliphatic heterocycles. The zero-order chi connectivity index (χ0) is 10.7. The average Bonchev–Trinajstić information content (AvgIpc) is 2.65. The highest BCUT2D eigenvalue weighted by molar-refractivity contribution is 5.10. The molecule has 6 heteroatoms. The molecule has 0 aliphatic rings. The summed E-state index contributed by atoms with van der Waals surface area (Å²) in [7, 11) is 0. The molecule has 2 N–H and O–H groups in total. The number of nitrogens with two attached hydrogens (primary N) is 1. The second-order valence-corrected chi connectivity index (χ2v) is 3.12. The van der Waals surface area contributed by atoms with Crippen LogP contribution in [0.25, 0.3) is 0 Å². The van der Waals surface area contributed by atoms with E-state index in [1.54, 1.807) is 17.1 Å². The number of hydrogen-bond acceptors (Lipinski definition) is 4. The van der Waals surface area contributed by atoms with Crippen molar-refractivity contribution in [3.8, 4) is 0 Å². The first kappa shape index (κ1) is 9.72. The molecule has 0 saturated carbocycles. The monoisotopic (exact) mass is 207 g/mol. The van der Waals surface area contributed by atoms with Gasteiger partial charge in [0.1, 0.15) is 5.82 Å². The van der Waals surface area contributed by atoms with Gasteiger partial charge in [-0.05, 0) is 11.6 Å². The fraction of sp³-hybridized carbons (Fsp3) is 0.222. The van der Waals surface area contributed by atoms with Crippen LogP contribution in [0.1, 0.15) is 11.3 Å². The van der Waals surface area contributed by atoms with Crippen molar-refractivity contribution in [3.05, 3.63) is 41.7 Å². The van der Waals surface area contributed by atoms with Crippen molar-refractivity contribution in [1.82, 2.24) is 20.0 Å². The molecule has 0 aliphatic carbocycles. The molecule has 0 amide bonds. The van der Waals surface area contributed by atoms with Gasteiger partial charge < -0.3 is 5.73 Å². The maximum atomic E-state index is 12.8. The minimum Gasteiger partial charge on any atom is -0.325 e. The van der Waals surface area contributed by atoms with Crippen molar-refractivity contribution in [2.75, 3.05) is 0 Å². The van der Waals surface area contributed by atoms with Gasteiger partial charge >= 0.3 is 0 Å². The van der Waals surface area contributed by atoms with E-state index >= 15 is 0 Å². The number of hydrogen-bond donors (Lipinski definition) is 1. The zero-order valence-electron chi connectivity index (χ0n) is 7.97. The number of rotatable bonds is 3. The van der Waals surface area contributed by atoms with Crippen molar-refractivity contribution in [3.63, 3.8) is 0 Å². The molecule has 0 fully saturated rings. The summed E-state index contributed by atoms with van der Waals surface area (Å²) in [6, 6.07) is 1.41. The van der Waals surface area contributed by atoms with E-state index in [4.69, 9.17) is 5.73 Å². The molecule has 2 rings (SSSR count). The molecular weight excluding hydrogens is 197 g/mol. The van der Waals surface area contributed by atoms with Crippen molar-refractivity contribution in [1.29, 1.82) is 0 Å². The Kier molecular flexibility index (Phi) is 2.68. The molecule has 5 nitrogen and oxygen atoms in total. The first-order valence-electron chi connectivity index (χ1n) is 4.46. The molecule has 2 aromatic heterocycles. The maximum Gasteiger partial charge on any atom is 0.141 e. The molecular formula is C9H10FN5. The number of halogens is 1. The Morgan fingerprint density at radius 2 is 2.27 bits per heavy atom. The molecule has 0 spiro atoms. The van der Waals surface area contributed by atoms with Crippen molar-refractivity contribution in [2.45, 2.75) is 13.1 Å². The van der Waals surface area contributed by atoms with Crippen LogP contribution in [0.2, 0.25) is 0 Å². The Bertz CT molecular complexity index is 453. The molecule has 15 heavy (non-hydrogen) atoms. The summed E-state index contributed by atoms with van der Waals surface area (Å²) >= 11 is 0. The van der Waals surface area contributed by atoms with Gasteiger partial charge in [-0.25, -0.2) is 9.07 Å². The zero-order valence-corrected chi connectivity index (χ0v) is 7.97. The summed E-state index contributed by atoms with van der Waals surface area (Å²) in [6.45, 7) is 0.791. The van der Waals surface area contributed by atoms with E-state index in [9.17, 15) is 4.39 Å². The van der Waals surface area contributed by atoms with Crippen LogP contribution in [0, 0.1) is 5.82 Å². The van der Waals surface area contributed by atoms with Gasteiger partial charge in [0.2, 0.25) is 0 Å².